The number of hydrogen-bond acceptors (Lipinski definition) is 6. The van der Waals surface area contributed by atoms with Gasteiger partial charge in [0, 0.05) is 16.8 Å². The van der Waals surface area contributed by atoms with Crippen LogP contribution in [-0.4, -0.2) is 35.1 Å². The summed E-state index contributed by atoms with van der Waals surface area (Å²) in [5.74, 6) is 0.688. The SMILES string of the molecule is COc1ccc(OC)c(NC(=O)CNc2cc(Cl)cc(S(=O)(=O)c3ccccc3)c2C)c1. The fourth-order valence-electron chi connectivity index (χ4n) is 3.13. The van der Waals surface area contributed by atoms with Gasteiger partial charge in [-0.25, -0.2) is 8.42 Å². The van der Waals surface area contributed by atoms with Gasteiger partial charge in [0.1, 0.15) is 11.5 Å². The lowest BCUT2D eigenvalue weighted by atomic mass is 10.2. The predicted octanol–water partition coefficient (Wildman–Crippen LogP) is 4.55. The van der Waals surface area contributed by atoms with Gasteiger partial charge in [0.2, 0.25) is 15.7 Å². The van der Waals surface area contributed by atoms with Gasteiger partial charge in [0.15, 0.2) is 0 Å². The molecule has 3 aromatic carbocycles. The molecule has 0 heterocycles. The predicted molar refractivity (Wildman–Crippen MR) is 125 cm³/mol. The molecule has 2 N–H and O–H groups in total. The van der Waals surface area contributed by atoms with Crippen molar-refractivity contribution >= 4 is 38.7 Å². The minimum absolute atomic E-state index is 0.0774. The fraction of sp³-hybridized carbons (Fsp3) is 0.174. The third kappa shape index (κ3) is 5.15. The number of amides is 1. The lowest BCUT2D eigenvalue weighted by Crippen LogP contribution is -2.22. The Morgan fingerprint density at radius 3 is 2.34 bits per heavy atom. The van der Waals surface area contributed by atoms with Crippen molar-refractivity contribution in [2.75, 3.05) is 31.4 Å². The van der Waals surface area contributed by atoms with Gasteiger partial charge >= 0.3 is 0 Å². The summed E-state index contributed by atoms with van der Waals surface area (Å²) in [6.45, 7) is 1.55. The number of ether oxygens (including phenoxy) is 2. The third-order valence-corrected chi connectivity index (χ3v) is 6.90. The molecule has 168 valence electrons. The zero-order chi connectivity index (χ0) is 23.3. The van der Waals surface area contributed by atoms with Crippen molar-refractivity contribution in [3.8, 4) is 11.5 Å². The number of methoxy groups -OCH3 is 2. The molecule has 0 aromatic heterocycles. The summed E-state index contributed by atoms with van der Waals surface area (Å²) >= 11 is 6.20. The van der Waals surface area contributed by atoms with Crippen LogP contribution in [0.25, 0.3) is 0 Å². The lowest BCUT2D eigenvalue weighted by Gasteiger charge is -2.16. The Labute approximate surface area is 192 Å². The molecular formula is C23H23ClN2O5S. The van der Waals surface area contributed by atoms with Crippen LogP contribution in [0.2, 0.25) is 5.02 Å². The number of nitrogens with one attached hydrogen (secondary N) is 2. The van der Waals surface area contributed by atoms with E-state index in [1.165, 1.54) is 32.4 Å². The summed E-state index contributed by atoms with van der Waals surface area (Å²) in [5.41, 5.74) is 1.36. The van der Waals surface area contributed by atoms with E-state index in [4.69, 9.17) is 21.1 Å². The van der Waals surface area contributed by atoms with Crippen LogP contribution in [-0.2, 0) is 14.6 Å². The number of hydrogen-bond donors (Lipinski definition) is 2. The first kappa shape index (κ1) is 23.4. The Balaban J connectivity index is 1.81. The number of anilines is 2. The number of sulfone groups is 1. The molecule has 3 rings (SSSR count). The van der Waals surface area contributed by atoms with Crippen molar-refractivity contribution in [2.24, 2.45) is 0 Å². The number of halogens is 1. The third-order valence-electron chi connectivity index (χ3n) is 4.79. The average molecular weight is 475 g/mol. The molecule has 7 nitrogen and oxygen atoms in total. The van der Waals surface area contributed by atoms with Crippen LogP contribution in [0.1, 0.15) is 5.56 Å². The molecular weight excluding hydrogens is 452 g/mol. The second kappa shape index (κ2) is 9.93. The van der Waals surface area contributed by atoms with E-state index in [0.717, 1.165) is 0 Å². The number of carbonyl (C=O) groups excluding carboxylic acids is 1. The second-order valence-electron chi connectivity index (χ2n) is 6.86. The topological polar surface area (TPSA) is 93.7 Å². The van der Waals surface area contributed by atoms with E-state index in [2.05, 4.69) is 10.6 Å². The van der Waals surface area contributed by atoms with Crippen molar-refractivity contribution in [1.29, 1.82) is 0 Å². The molecule has 0 unspecified atom stereocenters. The molecule has 0 aliphatic rings. The van der Waals surface area contributed by atoms with Crippen molar-refractivity contribution < 1.29 is 22.7 Å². The maximum Gasteiger partial charge on any atom is 0.243 e. The smallest absolute Gasteiger partial charge is 0.243 e. The van der Waals surface area contributed by atoms with Crippen molar-refractivity contribution in [3.05, 3.63) is 71.2 Å². The molecule has 0 saturated heterocycles. The fourth-order valence-corrected chi connectivity index (χ4v) is 4.97. The summed E-state index contributed by atoms with van der Waals surface area (Å²) in [7, 11) is -0.748. The van der Waals surface area contributed by atoms with Gasteiger partial charge < -0.3 is 20.1 Å². The van der Waals surface area contributed by atoms with Gasteiger partial charge in [-0.2, -0.15) is 0 Å². The number of rotatable bonds is 8. The van der Waals surface area contributed by atoms with E-state index in [-0.39, 0.29) is 27.3 Å². The van der Waals surface area contributed by atoms with Crippen LogP contribution in [0, 0.1) is 6.92 Å². The van der Waals surface area contributed by atoms with Gasteiger partial charge in [-0.3, -0.25) is 4.79 Å². The Hall–Kier alpha value is -3.23. The van der Waals surface area contributed by atoms with Gasteiger partial charge in [-0.05, 0) is 48.9 Å². The molecule has 0 radical (unpaired) electrons. The maximum absolute atomic E-state index is 13.1. The van der Waals surface area contributed by atoms with Crippen molar-refractivity contribution in [2.45, 2.75) is 16.7 Å². The minimum Gasteiger partial charge on any atom is -0.497 e. The molecule has 3 aromatic rings. The van der Waals surface area contributed by atoms with E-state index in [1.54, 1.807) is 49.4 Å². The molecule has 0 aliphatic heterocycles. The second-order valence-corrected chi connectivity index (χ2v) is 9.22. The average Bonchev–Trinajstić information content (AvgIpc) is 2.79. The molecule has 0 spiro atoms. The number of carbonyl (C=O) groups is 1. The summed E-state index contributed by atoms with van der Waals surface area (Å²) in [6.07, 6.45) is 0. The Morgan fingerprint density at radius 2 is 1.69 bits per heavy atom. The van der Waals surface area contributed by atoms with Crippen LogP contribution in [0.5, 0.6) is 11.5 Å². The van der Waals surface area contributed by atoms with E-state index >= 15 is 0 Å². The standard InChI is InChI=1S/C23H23ClN2O5S/c1-15-19(11-16(24)12-22(15)32(28,29)18-7-5-4-6-8-18)25-14-23(27)26-20-13-17(30-2)9-10-21(20)31-3/h4-13,25H,14H2,1-3H3,(H,26,27). The molecule has 0 bridgehead atoms. The van der Waals surface area contributed by atoms with Crippen LogP contribution in [0.4, 0.5) is 11.4 Å². The normalized spacial score (nSPS) is 11.0. The molecule has 0 atom stereocenters. The lowest BCUT2D eigenvalue weighted by molar-refractivity contribution is -0.114. The van der Waals surface area contributed by atoms with Crippen molar-refractivity contribution in [3.63, 3.8) is 0 Å². The Kier molecular flexibility index (Phi) is 7.27. The first-order valence-corrected chi connectivity index (χ1v) is 11.5. The minimum atomic E-state index is -3.77. The molecule has 1 amide bonds. The van der Waals surface area contributed by atoms with E-state index in [1.807, 2.05) is 0 Å². The Bertz CT molecular complexity index is 1230. The zero-order valence-corrected chi connectivity index (χ0v) is 19.4. The molecule has 32 heavy (non-hydrogen) atoms. The van der Waals surface area contributed by atoms with E-state index < -0.39 is 9.84 Å². The Morgan fingerprint density at radius 1 is 0.969 bits per heavy atom. The summed E-state index contributed by atoms with van der Waals surface area (Å²) in [5, 5.41) is 5.96. The van der Waals surface area contributed by atoms with E-state index in [0.29, 0.717) is 28.4 Å². The quantitative estimate of drug-likeness (QED) is 0.497. The molecule has 9 heteroatoms. The highest BCUT2D eigenvalue weighted by Gasteiger charge is 2.22. The van der Waals surface area contributed by atoms with Gasteiger partial charge in [-0.15, -0.1) is 0 Å². The summed E-state index contributed by atoms with van der Waals surface area (Å²) < 4.78 is 36.6. The summed E-state index contributed by atoms with van der Waals surface area (Å²) in [4.78, 5) is 12.8. The first-order chi connectivity index (χ1) is 15.3. The van der Waals surface area contributed by atoms with Gasteiger partial charge in [0.05, 0.1) is 36.2 Å². The van der Waals surface area contributed by atoms with Gasteiger partial charge in [0.25, 0.3) is 0 Å². The first-order valence-electron chi connectivity index (χ1n) is 9.62. The van der Waals surface area contributed by atoms with Crippen LogP contribution in [0.15, 0.2) is 70.5 Å². The van der Waals surface area contributed by atoms with Crippen LogP contribution in [0.3, 0.4) is 0 Å². The molecule has 0 aliphatic carbocycles. The highest BCUT2D eigenvalue weighted by atomic mass is 35.5. The van der Waals surface area contributed by atoms with E-state index in [9.17, 15) is 13.2 Å². The van der Waals surface area contributed by atoms with Crippen molar-refractivity contribution in [1.82, 2.24) is 0 Å². The zero-order valence-electron chi connectivity index (χ0n) is 17.8. The van der Waals surface area contributed by atoms with Gasteiger partial charge in [-0.1, -0.05) is 29.8 Å². The summed E-state index contributed by atoms with van der Waals surface area (Å²) in [6, 6.07) is 16.1. The highest BCUT2D eigenvalue weighted by molar-refractivity contribution is 7.91. The van der Waals surface area contributed by atoms with Crippen LogP contribution < -0.4 is 20.1 Å². The molecule has 0 fully saturated rings. The maximum atomic E-state index is 13.1. The highest BCUT2D eigenvalue weighted by Crippen LogP contribution is 2.32. The monoisotopic (exact) mass is 474 g/mol. The largest absolute Gasteiger partial charge is 0.497 e. The number of benzene rings is 3. The van der Waals surface area contributed by atoms with Crippen LogP contribution >= 0.6 is 11.6 Å². The molecule has 0 saturated carbocycles.